The number of likely N-dealkylation sites (tertiary alicyclic amines) is 1. The van der Waals surface area contributed by atoms with Gasteiger partial charge in [0.1, 0.15) is 5.58 Å². The molecule has 1 N–H and O–H groups in total. The van der Waals surface area contributed by atoms with Gasteiger partial charge in [-0.15, -0.1) is 0 Å². The Morgan fingerprint density at radius 1 is 1.25 bits per heavy atom. The number of hydrogen-bond acceptors (Lipinski definition) is 5. The minimum absolute atomic E-state index is 0.103. The summed E-state index contributed by atoms with van der Waals surface area (Å²) < 4.78 is 10.7. The van der Waals surface area contributed by atoms with Crippen LogP contribution in [0.1, 0.15) is 31.7 Å². The largest absolute Gasteiger partial charge is 0.450 e. The van der Waals surface area contributed by atoms with Gasteiger partial charge in [-0.1, -0.05) is 18.6 Å². The Bertz CT molecular complexity index is 778. The molecule has 128 valence electrons. The molecule has 2 aromatic rings. The second-order valence-electron chi connectivity index (χ2n) is 5.92. The van der Waals surface area contributed by atoms with Crippen LogP contribution in [0.25, 0.3) is 11.0 Å². The van der Waals surface area contributed by atoms with Crippen molar-refractivity contribution in [2.24, 2.45) is 0 Å². The van der Waals surface area contributed by atoms with E-state index in [-0.39, 0.29) is 17.9 Å². The number of amides is 1. The first-order valence-corrected chi connectivity index (χ1v) is 8.40. The number of carbonyl (C=O) groups is 1. The molecule has 3 rings (SSSR count). The van der Waals surface area contributed by atoms with E-state index in [0.29, 0.717) is 23.1 Å². The van der Waals surface area contributed by atoms with Crippen molar-refractivity contribution in [3.8, 4) is 0 Å². The van der Waals surface area contributed by atoms with Crippen molar-refractivity contribution in [1.29, 1.82) is 0 Å². The highest BCUT2D eigenvalue weighted by Gasteiger charge is 2.20. The molecule has 1 aliphatic heterocycles. The normalized spacial score (nSPS) is 15.4. The summed E-state index contributed by atoms with van der Waals surface area (Å²) in [6.07, 6.45) is 2.85. The zero-order chi connectivity index (χ0) is 16.9. The van der Waals surface area contributed by atoms with Gasteiger partial charge in [-0.2, -0.15) is 0 Å². The fourth-order valence-electron chi connectivity index (χ4n) is 3.03. The lowest BCUT2D eigenvalue weighted by molar-refractivity contribution is 0.167. The van der Waals surface area contributed by atoms with E-state index in [2.05, 4.69) is 10.2 Å². The quantitative estimate of drug-likeness (QED) is 0.931. The van der Waals surface area contributed by atoms with E-state index in [1.165, 1.54) is 6.42 Å². The molecule has 1 fully saturated rings. The van der Waals surface area contributed by atoms with Gasteiger partial charge < -0.3 is 9.15 Å². The van der Waals surface area contributed by atoms with Crippen molar-refractivity contribution in [1.82, 2.24) is 4.90 Å². The van der Waals surface area contributed by atoms with E-state index in [0.717, 1.165) is 25.9 Å². The number of para-hydroxylation sites is 1. The molecule has 6 heteroatoms. The zero-order valence-corrected chi connectivity index (χ0v) is 13.8. The summed E-state index contributed by atoms with van der Waals surface area (Å²) in [5, 5.41) is 3.11. The van der Waals surface area contributed by atoms with Crippen LogP contribution in [0.2, 0.25) is 0 Å². The molecule has 1 aromatic heterocycles. The third-order valence-electron chi connectivity index (χ3n) is 4.21. The van der Waals surface area contributed by atoms with Crippen molar-refractivity contribution in [2.75, 3.05) is 25.0 Å². The Kier molecular flexibility index (Phi) is 5.15. The molecular weight excluding hydrogens is 308 g/mol. The maximum absolute atomic E-state index is 12.9. The smallest absolute Gasteiger partial charge is 0.413 e. The molecule has 24 heavy (non-hydrogen) atoms. The van der Waals surface area contributed by atoms with Gasteiger partial charge in [-0.05, 0) is 45.0 Å². The summed E-state index contributed by atoms with van der Waals surface area (Å²) in [7, 11) is 0. The van der Waals surface area contributed by atoms with Crippen molar-refractivity contribution >= 4 is 22.9 Å². The Morgan fingerprint density at radius 3 is 2.75 bits per heavy atom. The van der Waals surface area contributed by atoms with Gasteiger partial charge in [0.15, 0.2) is 5.43 Å². The number of piperidine rings is 1. The molecule has 1 amide bonds. The average molecular weight is 330 g/mol. The molecule has 0 atom stereocenters. The fourth-order valence-corrected chi connectivity index (χ4v) is 3.03. The molecular formula is C18H22N2O4. The number of nitrogens with one attached hydrogen (secondary N) is 1. The van der Waals surface area contributed by atoms with Gasteiger partial charge in [0.2, 0.25) is 5.88 Å². The summed E-state index contributed by atoms with van der Waals surface area (Å²) in [6, 6.07) is 7.07. The Morgan fingerprint density at radius 2 is 2.00 bits per heavy atom. The van der Waals surface area contributed by atoms with E-state index < -0.39 is 6.09 Å². The molecule has 0 unspecified atom stereocenters. The lowest BCUT2D eigenvalue weighted by Gasteiger charge is -2.26. The SMILES string of the molecule is CCOC(=O)Nc1oc2ccccc2c(=O)c1CN1CCCCC1. The van der Waals surface area contributed by atoms with Gasteiger partial charge in [0.05, 0.1) is 17.6 Å². The average Bonchev–Trinajstić information content (AvgIpc) is 2.59. The van der Waals surface area contributed by atoms with Crippen LogP contribution < -0.4 is 10.7 Å². The highest BCUT2D eigenvalue weighted by molar-refractivity contribution is 5.86. The molecule has 6 nitrogen and oxygen atoms in total. The molecule has 0 spiro atoms. The van der Waals surface area contributed by atoms with Crippen LogP contribution in [0.3, 0.4) is 0 Å². The number of benzene rings is 1. The maximum atomic E-state index is 12.9. The number of ether oxygens (including phenoxy) is 1. The molecule has 2 heterocycles. The lowest BCUT2D eigenvalue weighted by Crippen LogP contribution is -2.32. The Labute approximate surface area is 140 Å². The van der Waals surface area contributed by atoms with E-state index in [4.69, 9.17) is 9.15 Å². The van der Waals surface area contributed by atoms with E-state index in [1.54, 1.807) is 25.1 Å². The first-order chi connectivity index (χ1) is 11.7. The number of nitrogens with zero attached hydrogens (tertiary/aromatic N) is 1. The summed E-state index contributed by atoms with van der Waals surface area (Å²) in [6.45, 7) is 4.35. The topological polar surface area (TPSA) is 71.8 Å². The highest BCUT2D eigenvalue weighted by atomic mass is 16.5. The molecule has 1 aliphatic rings. The second kappa shape index (κ2) is 7.49. The summed E-state index contributed by atoms with van der Waals surface area (Å²) in [4.78, 5) is 26.9. The van der Waals surface area contributed by atoms with Gasteiger partial charge >= 0.3 is 6.09 Å². The first-order valence-electron chi connectivity index (χ1n) is 8.40. The van der Waals surface area contributed by atoms with Crippen LogP contribution >= 0.6 is 0 Å². The monoisotopic (exact) mass is 330 g/mol. The van der Waals surface area contributed by atoms with Crippen LogP contribution in [0, 0.1) is 0 Å². The van der Waals surface area contributed by atoms with Gasteiger partial charge in [0, 0.05) is 6.54 Å². The van der Waals surface area contributed by atoms with Crippen LogP contribution in [-0.2, 0) is 11.3 Å². The summed E-state index contributed by atoms with van der Waals surface area (Å²) in [5.74, 6) is 0.183. The minimum Gasteiger partial charge on any atom is -0.450 e. The molecule has 0 radical (unpaired) electrons. The first kappa shape index (κ1) is 16.5. The van der Waals surface area contributed by atoms with E-state index in [1.807, 2.05) is 6.07 Å². The van der Waals surface area contributed by atoms with Crippen molar-refractivity contribution in [3.05, 3.63) is 40.1 Å². The molecule has 1 aromatic carbocycles. The number of anilines is 1. The Hall–Kier alpha value is -2.34. The number of hydrogen-bond donors (Lipinski definition) is 1. The summed E-state index contributed by atoms with van der Waals surface area (Å²) in [5.41, 5.74) is 0.828. The van der Waals surface area contributed by atoms with Crippen molar-refractivity contribution < 1.29 is 13.9 Å². The third-order valence-corrected chi connectivity index (χ3v) is 4.21. The fraction of sp³-hybridized carbons (Fsp3) is 0.444. The second-order valence-corrected chi connectivity index (χ2v) is 5.92. The van der Waals surface area contributed by atoms with E-state index >= 15 is 0 Å². The zero-order valence-electron chi connectivity index (χ0n) is 13.8. The summed E-state index contributed by atoms with van der Waals surface area (Å²) >= 11 is 0. The van der Waals surface area contributed by atoms with Crippen LogP contribution in [0.15, 0.2) is 33.5 Å². The minimum atomic E-state index is -0.615. The molecule has 0 bridgehead atoms. The van der Waals surface area contributed by atoms with Crippen LogP contribution in [0.5, 0.6) is 0 Å². The van der Waals surface area contributed by atoms with Gasteiger partial charge in [-0.3, -0.25) is 15.0 Å². The van der Waals surface area contributed by atoms with Crippen molar-refractivity contribution in [2.45, 2.75) is 32.7 Å². The number of rotatable bonds is 4. The van der Waals surface area contributed by atoms with Gasteiger partial charge in [0.25, 0.3) is 0 Å². The van der Waals surface area contributed by atoms with Crippen molar-refractivity contribution in [3.63, 3.8) is 0 Å². The standard InChI is InChI=1S/C18H22N2O4/c1-2-23-18(22)19-17-14(12-20-10-6-3-7-11-20)16(21)13-8-4-5-9-15(13)24-17/h4-5,8-9H,2-3,6-7,10-12H2,1H3,(H,19,22). The third kappa shape index (κ3) is 3.59. The highest BCUT2D eigenvalue weighted by Crippen LogP contribution is 2.22. The van der Waals surface area contributed by atoms with E-state index in [9.17, 15) is 9.59 Å². The maximum Gasteiger partial charge on any atom is 0.413 e. The molecule has 1 saturated heterocycles. The predicted molar refractivity (Wildman–Crippen MR) is 92.3 cm³/mol. The Balaban J connectivity index is 2.00. The number of carbonyl (C=O) groups excluding carboxylic acids is 1. The predicted octanol–water partition coefficient (Wildman–Crippen LogP) is 3.35. The molecule has 0 aliphatic carbocycles. The number of fused-ring (bicyclic) bond motifs is 1. The lowest BCUT2D eigenvalue weighted by atomic mass is 10.1. The van der Waals surface area contributed by atoms with Crippen LogP contribution in [-0.4, -0.2) is 30.7 Å². The van der Waals surface area contributed by atoms with Gasteiger partial charge in [-0.25, -0.2) is 4.79 Å². The molecule has 0 saturated carbocycles. The van der Waals surface area contributed by atoms with Crippen LogP contribution in [0.4, 0.5) is 10.7 Å².